The van der Waals surface area contributed by atoms with Crippen molar-refractivity contribution < 1.29 is 43.9 Å². The minimum Gasteiger partial charge on any atom is -0.461 e. The summed E-state index contributed by atoms with van der Waals surface area (Å²) >= 11 is 0. The highest BCUT2D eigenvalue weighted by atomic mass is 20.0. The number of aliphatic hydroxyl groups is 1. The molecule has 0 aromatic heterocycles. The van der Waals surface area contributed by atoms with Gasteiger partial charge in [-0.05, 0) is 24.8 Å². The Bertz CT molecular complexity index is 563. The summed E-state index contributed by atoms with van der Waals surface area (Å²) in [4.78, 5) is 23.7. The van der Waals surface area contributed by atoms with Gasteiger partial charge in [0.2, 0.25) is 0 Å². The van der Waals surface area contributed by atoms with Crippen molar-refractivity contribution in [3.8, 4) is 0 Å². The van der Waals surface area contributed by atoms with Gasteiger partial charge in [-0.3, -0.25) is 14.6 Å². The maximum Gasteiger partial charge on any atom is 0.306 e. The van der Waals surface area contributed by atoms with Gasteiger partial charge in [-0.2, -0.15) is 0 Å². The SMILES string of the molecule is C.C.C.C.FF.FF.O=C(CCC1NN(CCCOCCCO)C1=O)OCc1ccccc1.[HH]. The molecule has 0 saturated carbocycles. The van der Waals surface area contributed by atoms with Gasteiger partial charge >= 0.3 is 5.97 Å². The second-order valence-corrected chi connectivity index (χ2v) is 5.90. The fourth-order valence-corrected chi connectivity index (χ4v) is 2.46. The lowest BCUT2D eigenvalue weighted by Crippen LogP contribution is -2.66. The smallest absolute Gasteiger partial charge is 0.306 e. The number of carbonyl (C=O) groups is 2. The highest BCUT2D eigenvalue weighted by molar-refractivity contribution is 5.86. The number of halogens is 4. The number of hydrogen-bond acceptors (Lipinski definition) is 6. The van der Waals surface area contributed by atoms with Gasteiger partial charge in [0.15, 0.2) is 0 Å². The largest absolute Gasteiger partial charge is 0.461 e. The van der Waals surface area contributed by atoms with Crippen LogP contribution in [0.25, 0.3) is 0 Å². The van der Waals surface area contributed by atoms with Crippen molar-refractivity contribution in [1.82, 2.24) is 10.4 Å². The quantitative estimate of drug-likeness (QED) is 0.228. The summed E-state index contributed by atoms with van der Waals surface area (Å²) in [7, 11) is 0. The number of aliphatic hydroxyl groups excluding tert-OH is 1. The second-order valence-electron chi connectivity index (χ2n) is 5.90. The van der Waals surface area contributed by atoms with Gasteiger partial charge in [0.25, 0.3) is 5.91 Å². The molecular weight excluding hydrogens is 448 g/mol. The summed E-state index contributed by atoms with van der Waals surface area (Å²) in [5.74, 6) is -0.291. The molecule has 1 aliphatic heterocycles. The molecule has 2 N–H and O–H groups in total. The van der Waals surface area contributed by atoms with Gasteiger partial charge in [0, 0.05) is 52.5 Å². The molecule has 0 radical (unpaired) electrons. The lowest BCUT2D eigenvalue weighted by molar-refractivity contribution is -0.154. The number of hydrogen-bond donors (Lipinski definition) is 2. The van der Waals surface area contributed by atoms with Gasteiger partial charge < -0.3 is 14.6 Å². The first-order valence-electron chi connectivity index (χ1n) is 8.95. The van der Waals surface area contributed by atoms with E-state index in [-0.39, 0.29) is 68.7 Å². The highest BCUT2D eigenvalue weighted by Gasteiger charge is 2.35. The molecule has 1 atom stereocenters. The van der Waals surface area contributed by atoms with E-state index in [2.05, 4.69) is 5.43 Å². The lowest BCUT2D eigenvalue weighted by atomic mass is 10.1. The summed E-state index contributed by atoms with van der Waals surface area (Å²) in [6, 6.07) is 9.19. The Kier molecular flexibility index (Phi) is 34.6. The number of benzene rings is 1. The number of nitrogens with zero attached hydrogens (tertiary/aromatic N) is 1. The normalized spacial score (nSPS) is 12.9. The van der Waals surface area contributed by atoms with E-state index < -0.39 is 0 Å². The van der Waals surface area contributed by atoms with Crippen molar-refractivity contribution in [2.24, 2.45) is 0 Å². The van der Waals surface area contributed by atoms with Crippen LogP contribution in [-0.2, 0) is 25.7 Å². The minimum absolute atomic E-state index is 0. The maximum absolute atomic E-state index is 12.0. The number of ether oxygens (including phenoxy) is 2. The molecule has 0 bridgehead atoms. The first-order chi connectivity index (χ1) is 14.2. The van der Waals surface area contributed by atoms with E-state index in [1.807, 2.05) is 30.3 Å². The third-order valence-corrected chi connectivity index (χ3v) is 3.87. The molecule has 1 amide bonds. The van der Waals surface area contributed by atoms with Gasteiger partial charge in [-0.25, -0.2) is 5.43 Å². The van der Waals surface area contributed by atoms with Gasteiger partial charge in [0.1, 0.15) is 12.6 Å². The Hall–Kier alpha value is -2.24. The molecule has 1 aliphatic rings. The molecule has 1 fully saturated rings. The van der Waals surface area contributed by atoms with Crippen molar-refractivity contribution >= 4 is 11.9 Å². The second kappa shape index (κ2) is 27.8. The van der Waals surface area contributed by atoms with Gasteiger partial charge in [-0.15, -0.1) is 0 Å². The first kappa shape index (κ1) is 41.1. The Morgan fingerprint density at radius 1 is 1.03 bits per heavy atom. The molecule has 1 unspecified atom stereocenters. The molecule has 1 heterocycles. The molecule has 200 valence electrons. The average molecular weight is 493 g/mol. The summed E-state index contributed by atoms with van der Waals surface area (Å²) in [5.41, 5.74) is 3.99. The number of esters is 1. The van der Waals surface area contributed by atoms with Gasteiger partial charge in [0.05, 0.1) is 0 Å². The summed E-state index contributed by atoms with van der Waals surface area (Å²) in [6.07, 6.45) is 2.02. The van der Waals surface area contributed by atoms with Crippen molar-refractivity contribution in [3.63, 3.8) is 0 Å². The topological polar surface area (TPSA) is 88.1 Å². The predicted molar refractivity (Wildman–Crippen MR) is 125 cm³/mol. The van der Waals surface area contributed by atoms with Crippen molar-refractivity contribution in [2.75, 3.05) is 26.4 Å². The van der Waals surface area contributed by atoms with Crippen molar-refractivity contribution in [3.05, 3.63) is 35.9 Å². The zero-order valence-electron chi connectivity index (χ0n) is 15.9. The number of nitrogens with one attached hydrogen (secondary N) is 1. The molecule has 11 heteroatoms. The zero-order valence-corrected chi connectivity index (χ0v) is 15.9. The number of hydrazine groups is 1. The Morgan fingerprint density at radius 3 is 2.15 bits per heavy atom. The van der Waals surface area contributed by atoms with Crippen LogP contribution < -0.4 is 5.43 Å². The Balaban J connectivity index is -0.000000207. The number of amides is 1. The van der Waals surface area contributed by atoms with Crippen LogP contribution in [0.5, 0.6) is 0 Å². The molecule has 2 rings (SSSR count). The van der Waals surface area contributed by atoms with Crippen LogP contribution in [0.3, 0.4) is 0 Å². The van der Waals surface area contributed by atoms with Crippen LogP contribution in [0.1, 0.15) is 62.4 Å². The van der Waals surface area contributed by atoms with E-state index in [0.717, 1.165) is 12.0 Å². The fourth-order valence-electron chi connectivity index (χ4n) is 2.46. The summed E-state index contributed by atoms with van der Waals surface area (Å²) in [6.45, 7) is 2.05. The zero-order chi connectivity index (χ0) is 21.9. The molecule has 1 saturated heterocycles. The molecule has 7 nitrogen and oxygen atoms in total. The lowest BCUT2D eigenvalue weighted by Gasteiger charge is -2.39. The van der Waals surface area contributed by atoms with Crippen LogP contribution in [0.15, 0.2) is 30.3 Å². The summed E-state index contributed by atoms with van der Waals surface area (Å²) in [5, 5.41) is 10.2. The van der Waals surface area contributed by atoms with Crippen molar-refractivity contribution in [1.29, 1.82) is 0 Å². The monoisotopic (exact) mass is 492 g/mol. The third-order valence-electron chi connectivity index (χ3n) is 3.87. The Morgan fingerprint density at radius 2 is 1.61 bits per heavy atom. The molecule has 1 aromatic carbocycles. The maximum atomic E-state index is 12.0. The summed E-state index contributed by atoms with van der Waals surface area (Å²) < 4.78 is 42.5. The molecule has 33 heavy (non-hydrogen) atoms. The fraction of sp³-hybridized carbons (Fsp3) is 0.636. The van der Waals surface area contributed by atoms with E-state index in [1.165, 1.54) is 0 Å². The molecule has 0 aliphatic carbocycles. The van der Waals surface area contributed by atoms with E-state index in [1.54, 1.807) is 5.01 Å². The predicted octanol–water partition coefficient (Wildman–Crippen LogP) is 5.49. The van der Waals surface area contributed by atoms with Crippen LogP contribution in [0.2, 0.25) is 0 Å². The van der Waals surface area contributed by atoms with Crippen LogP contribution in [0, 0.1) is 0 Å². The molecular formula is C22H44F4N2O5. The van der Waals surface area contributed by atoms with E-state index in [4.69, 9.17) is 32.9 Å². The van der Waals surface area contributed by atoms with E-state index in [9.17, 15) is 9.59 Å². The number of carbonyl (C=O) groups excluding carboxylic acids is 2. The highest BCUT2D eigenvalue weighted by Crippen LogP contribution is 2.13. The van der Waals surface area contributed by atoms with Crippen LogP contribution >= 0.6 is 0 Å². The van der Waals surface area contributed by atoms with Crippen LogP contribution in [-0.4, -0.2) is 54.4 Å². The average Bonchev–Trinajstić information content (AvgIpc) is 2.78. The standard InChI is InChI=1S/C18H26N2O5.4CH4.2F2.H2/c21-11-5-13-24-12-4-10-20-18(23)16(19-20)8-9-17(22)25-14-15-6-2-1-3-7-15;;;;;2*1-2;/h1-3,6-7,16,19,21H,4-5,8-14H2;4*1H4;;;1H. The molecule has 1 aromatic rings. The van der Waals surface area contributed by atoms with Gasteiger partial charge in [-0.1, -0.05) is 60.0 Å². The first-order valence-corrected chi connectivity index (χ1v) is 8.95. The Labute approximate surface area is 197 Å². The van der Waals surface area contributed by atoms with E-state index >= 15 is 0 Å². The van der Waals surface area contributed by atoms with Crippen molar-refractivity contribution in [2.45, 2.75) is 68.0 Å². The number of rotatable bonds is 12. The van der Waals surface area contributed by atoms with E-state index in [0.29, 0.717) is 32.6 Å². The third kappa shape index (κ3) is 17.9. The van der Waals surface area contributed by atoms with Crippen LogP contribution in [0.4, 0.5) is 18.3 Å². The molecule has 0 spiro atoms. The minimum atomic E-state index is -0.306.